The SMILES string of the molecule is Cc1ccc(NC(=O)NCCCN(C)CC(F)(F)F)cc1. The third-order valence-corrected chi connectivity index (χ3v) is 2.76. The van der Waals surface area contributed by atoms with E-state index in [1.54, 1.807) is 12.1 Å². The molecule has 1 rings (SSSR count). The van der Waals surface area contributed by atoms with Crippen molar-refractivity contribution in [2.75, 3.05) is 32.0 Å². The van der Waals surface area contributed by atoms with Crippen molar-refractivity contribution in [3.05, 3.63) is 29.8 Å². The molecule has 0 atom stereocenters. The van der Waals surface area contributed by atoms with Gasteiger partial charge in [-0.3, -0.25) is 4.90 Å². The van der Waals surface area contributed by atoms with Crippen LogP contribution in [0.3, 0.4) is 0 Å². The van der Waals surface area contributed by atoms with Gasteiger partial charge in [0.25, 0.3) is 0 Å². The van der Waals surface area contributed by atoms with Gasteiger partial charge in [0.1, 0.15) is 0 Å². The Hall–Kier alpha value is -1.76. The summed E-state index contributed by atoms with van der Waals surface area (Å²) in [5, 5.41) is 5.26. The van der Waals surface area contributed by atoms with E-state index in [4.69, 9.17) is 0 Å². The molecule has 2 N–H and O–H groups in total. The van der Waals surface area contributed by atoms with E-state index in [0.717, 1.165) is 5.56 Å². The highest BCUT2D eigenvalue weighted by Gasteiger charge is 2.28. The van der Waals surface area contributed by atoms with Gasteiger partial charge >= 0.3 is 12.2 Å². The zero-order valence-corrected chi connectivity index (χ0v) is 12.1. The molecule has 0 saturated carbocycles. The van der Waals surface area contributed by atoms with Gasteiger partial charge in [0, 0.05) is 12.2 Å². The first-order valence-electron chi connectivity index (χ1n) is 6.63. The molecular formula is C14H20F3N3O. The van der Waals surface area contributed by atoms with Crippen LogP contribution < -0.4 is 10.6 Å². The lowest BCUT2D eigenvalue weighted by Gasteiger charge is -2.18. The van der Waals surface area contributed by atoms with E-state index in [-0.39, 0.29) is 12.6 Å². The Labute approximate surface area is 122 Å². The van der Waals surface area contributed by atoms with Crippen LogP contribution in [0.2, 0.25) is 0 Å². The number of carbonyl (C=O) groups is 1. The molecule has 1 aromatic rings. The van der Waals surface area contributed by atoms with E-state index in [2.05, 4.69) is 10.6 Å². The number of nitrogens with zero attached hydrogens (tertiary/aromatic N) is 1. The second kappa shape index (κ2) is 7.87. The predicted molar refractivity (Wildman–Crippen MR) is 76.4 cm³/mol. The second-order valence-electron chi connectivity index (χ2n) is 4.95. The fourth-order valence-corrected chi connectivity index (χ4v) is 1.75. The van der Waals surface area contributed by atoms with Crippen molar-refractivity contribution in [2.24, 2.45) is 0 Å². The van der Waals surface area contributed by atoms with Crippen molar-refractivity contribution < 1.29 is 18.0 Å². The van der Waals surface area contributed by atoms with Crippen molar-refractivity contribution in [1.29, 1.82) is 0 Å². The third kappa shape index (κ3) is 8.19. The molecule has 0 spiro atoms. The molecule has 0 aliphatic heterocycles. The van der Waals surface area contributed by atoms with Crippen LogP contribution in [0.1, 0.15) is 12.0 Å². The number of amides is 2. The number of hydrogen-bond acceptors (Lipinski definition) is 2. The number of urea groups is 1. The van der Waals surface area contributed by atoms with Crippen molar-refractivity contribution in [3.63, 3.8) is 0 Å². The van der Waals surface area contributed by atoms with Crippen molar-refractivity contribution in [2.45, 2.75) is 19.5 Å². The number of anilines is 1. The minimum atomic E-state index is -4.19. The molecule has 21 heavy (non-hydrogen) atoms. The lowest BCUT2D eigenvalue weighted by Crippen LogP contribution is -2.34. The van der Waals surface area contributed by atoms with Gasteiger partial charge in [-0.2, -0.15) is 13.2 Å². The monoisotopic (exact) mass is 303 g/mol. The Bertz CT molecular complexity index is 446. The molecule has 0 unspecified atom stereocenters. The van der Waals surface area contributed by atoms with Gasteiger partial charge < -0.3 is 10.6 Å². The Kier molecular flexibility index (Phi) is 6.48. The van der Waals surface area contributed by atoms with E-state index in [9.17, 15) is 18.0 Å². The van der Waals surface area contributed by atoms with Gasteiger partial charge in [0.2, 0.25) is 0 Å². The standard InChI is InChI=1S/C14H20F3N3O/c1-11-4-6-12(7-5-11)19-13(21)18-8-3-9-20(2)10-14(15,16)17/h4-7H,3,8-10H2,1-2H3,(H2,18,19,21). The quantitative estimate of drug-likeness (QED) is 0.794. The number of carbonyl (C=O) groups excluding carboxylic acids is 1. The van der Waals surface area contributed by atoms with Gasteiger partial charge in [0.15, 0.2) is 0 Å². The van der Waals surface area contributed by atoms with E-state index < -0.39 is 12.7 Å². The molecule has 118 valence electrons. The lowest BCUT2D eigenvalue weighted by molar-refractivity contribution is -0.143. The van der Waals surface area contributed by atoms with Crippen LogP contribution in [0.5, 0.6) is 0 Å². The van der Waals surface area contributed by atoms with Crippen molar-refractivity contribution in [3.8, 4) is 0 Å². The van der Waals surface area contributed by atoms with Crippen molar-refractivity contribution >= 4 is 11.7 Å². The third-order valence-electron chi connectivity index (χ3n) is 2.76. The summed E-state index contributed by atoms with van der Waals surface area (Å²) in [6.07, 6.45) is -3.74. The summed E-state index contributed by atoms with van der Waals surface area (Å²) in [5.41, 5.74) is 1.76. The highest BCUT2D eigenvalue weighted by molar-refractivity contribution is 5.89. The van der Waals surface area contributed by atoms with Crippen LogP contribution in [0.15, 0.2) is 24.3 Å². The Balaban J connectivity index is 2.18. The zero-order chi connectivity index (χ0) is 15.9. The summed E-state index contributed by atoms with van der Waals surface area (Å²) in [6, 6.07) is 6.96. The zero-order valence-electron chi connectivity index (χ0n) is 12.1. The smallest absolute Gasteiger partial charge is 0.338 e. The first kappa shape index (κ1) is 17.3. The summed E-state index contributed by atoms with van der Waals surface area (Å²) >= 11 is 0. The molecule has 0 heterocycles. The average molecular weight is 303 g/mol. The fourth-order valence-electron chi connectivity index (χ4n) is 1.75. The number of rotatable bonds is 6. The summed E-state index contributed by atoms with van der Waals surface area (Å²) in [4.78, 5) is 12.7. The molecule has 0 aliphatic carbocycles. The lowest BCUT2D eigenvalue weighted by atomic mass is 10.2. The maximum absolute atomic E-state index is 12.1. The maximum atomic E-state index is 12.1. The molecule has 0 bridgehead atoms. The first-order chi connectivity index (χ1) is 9.76. The van der Waals surface area contributed by atoms with Gasteiger partial charge in [-0.25, -0.2) is 4.79 Å². The Morgan fingerprint density at radius 1 is 1.24 bits per heavy atom. The normalized spacial score (nSPS) is 11.5. The second-order valence-corrected chi connectivity index (χ2v) is 4.95. The molecule has 0 radical (unpaired) electrons. The summed E-state index contributed by atoms with van der Waals surface area (Å²) in [7, 11) is 1.40. The van der Waals surface area contributed by atoms with Gasteiger partial charge in [-0.1, -0.05) is 17.7 Å². The molecule has 0 aliphatic rings. The van der Waals surface area contributed by atoms with E-state index in [0.29, 0.717) is 18.7 Å². The van der Waals surface area contributed by atoms with Gasteiger partial charge in [0.05, 0.1) is 6.54 Å². The highest BCUT2D eigenvalue weighted by Crippen LogP contribution is 2.15. The molecule has 0 saturated heterocycles. The van der Waals surface area contributed by atoms with E-state index >= 15 is 0 Å². The van der Waals surface area contributed by atoms with Crippen LogP contribution in [-0.4, -0.2) is 43.8 Å². The number of aryl methyl sites for hydroxylation is 1. The number of benzene rings is 1. The Morgan fingerprint density at radius 3 is 2.43 bits per heavy atom. The van der Waals surface area contributed by atoms with Crippen LogP contribution in [0.25, 0.3) is 0 Å². The van der Waals surface area contributed by atoms with Crippen LogP contribution in [0, 0.1) is 6.92 Å². The number of alkyl halides is 3. The molecule has 2 amide bonds. The van der Waals surface area contributed by atoms with Crippen molar-refractivity contribution in [1.82, 2.24) is 10.2 Å². The van der Waals surface area contributed by atoms with Crippen LogP contribution in [0.4, 0.5) is 23.7 Å². The topological polar surface area (TPSA) is 44.4 Å². The summed E-state index contributed by atoms with van der Waals surface area (Å²) < 4.78 is 36.3. The molecule has 0 aromatic heterocycles. The molecule has 1 aromatic carbocycles. The molecule has 0 fully saturated rings. The average Bonchev–Trinajstić information content (AvgIpc) is 2.35. The van der Waals surface area contributed by atoms with Crippen LogP contribution in [-0.2, 0) is 0 Å². The fraction of sp³-hybridized carbons (Fsp3) is 0.500. The predicted octanol–water partition coefficient (Wildman–Crippen LogP) is 3.00. The minimum absolute atomic E-state index is 0.268. The summed E-state index contributed by atoms with van der Waals surface area (Å²) in [5.74, 6) is 0. The minimum Gasteiger partial charge on any atom is -0.338 e. The van der Waals surface area contributed by atoms with Crippen LogP contribution >= 0.6 is 0 Å². The summed E-state index contributed by atoms with van der Waals surface area (Å²) in [6.45, 7) is 1.59. The van der Waals surface area contributed by atoms with Gasteiger partial charge in [-0.15, -0.1) is 0 Å². The number of nitrogens with one attached hydrogen (secondary N) is 2. The molecule has 7 heteroatoms. The molecular weight excluding hydrogens is 283 g/mol. The van der Waals surface area contributed by atoms with Gasteiger partial charge in [-0.05, 0) is 39.1 Å². The maximum Gasteiger partial charge on any atom is 0.401 e. The number of hydrogen-bond donors (Lipinski definition) is 2. The Morgan fingerprint density at radius 2 is 1.86 bits per heavy atom. The highest BCUT2D eigenvalue weighted by atomic mass is 19.4. The van der Waals surface area contributed by atoms with E-state index in [1.165, 1.54) is 11.9 Å². The molecule has 4 nitrogen and oxygen atoms in total. The largest absolute Gasteiger partial charge is 0.401 e. The van der Waals surface area contributed by atoms with E-state index in [1.807, 2.05) is 19.1 Å². The first-order valence-corrected chi connectivity index (χ1v) is 6.63. The number of halogens is 3.